The predicted molar refractivity (Wildman–Crippen MR) is 108 cm³/mol. The number of esters is 1. The Hall–Kier alpha value is -3.61. The van der Waals surface area contributed by atoms with E-state index in [2.05, 4.69) is 10.2 Å². The molecule has 150 valence electrons. The third kappa shape index (κ3) is 4.29. The van der Waals surface area contributed by atoms with Crippen molar-refractivity contribution in [2.45, 2.75) is 13.8 Å². The van der Waals surface area contributed by atoms with Crippen molar-refractivity contribution in [2.24, 2.45) is 0 Å². The Morgan fingerprint density at radius 1 is 0.828 bits per heavy atom. The Morgan fingerprint density at radius 3 is 2.07 bits per heavy atom. The van der Waals surface area contributed by atoms with Gasteiger partial charge in [0.05, 0.1) is 32.6 Å². The van der Waals surface area contributed by atoms with Crippen molar-refractivity contribution in [1.29, 1.82) is 0 Å². The van der Waals surface area contributed by atoms with Gasteiger partial charge in [0.25, 0.3) is 0 Å². The number of aromatic nitrogens is 2. The summed E-state index contributed by atoms with van der Waals surface area (Å²) in [6.45, 7) is 4.03. The highest BCUT2D eigenvalue weighted by Gasteiger charge is 2.19. The summed E-state index contributed by atoms with van der Waals surface area (Å²) in [5, 5.41) is 8.23. The molecule has 0 saturated carbocycles. The molecule has 0 N–H and O–H groups in total. The van der Waals surface area contributed by atoms with Crippen LogP contribution in [0.15, 0.2) is 42.5 Å². The van der Waals surface area contributed by atoms with E-state index in [1.165, 1.54) is 33.5 Å². The number of benzene rings is 2. The summed E-state index contributed by atoms with van der Waals surface area (Å²) in [5.74, 6) is 0.588. The quantitative estimate of drug-likeness (QED) is 0.585. The molecule has 0 saturated heterocycles. The molecule has 0 bridgehead atoms. The molecule has 0 radical (unpaired) electrons. The first-order valence-corrected chi connectivity index (χ1v) is 8.90. The van der Waals surface area contributed by atoms with Gasteiger partial charge in [-0.3, -0.25) is 0 Å². The molecule has 0 fully saturated rings. The lowest BCUT2D eigenvalue weighted by Crippen LogP contribution is -2.11. The van der Waals surface area contributed by atoms with E-state index in [0.717, 1.165) is 16.7 Å². The molecule has 0 aliphatic rings. The smallest absolute Gasteiger partial charge is 0.345 e. The third-order valence-corrected chi connectivity index (χ3v) is 4.41. The van der Waals surface area contributed by atoms with Gasteiger partial charge in [-0.25, -0.2) is 4.79 Å². The SMILES string of the molecule is COc1cc(C(=O)Oc2ccc(-c3cc(C)ccc3C)nn2)cc(OC)c1OC. The number of carbonyl (C=O) groups is 1. The van der Waals surface area contributed by atoms with Crippen molar-refractivity contribution in [3.63, 3.8) is 0 Å². The molecule has 1 aromatic heterocycles. The second kappa shape index (κ2) is 8.60. The molecule has 0 aliphatic heterocycles. The lowest BCUT2D eigenvalue weighted by Gasteiger charge is -2.13. The van der Waals surface area contributed by atoms with Gasteiger partial charge < -0.3 is 18.9 Å². The van der Waals surface area contributed by atoms with E-state index in [-0.39, 0.29) is 11.4 Å². The zero-order valence-electron chi connectivity index (χ0n) is 17.0. The molecule has 3 rings (SSSR count). The molecule has 29 heavy (non-hydrogen) atoms. The van der Waals surface area contributed by atoms with Crippen LogP contribution in [0.4, 0.5) is 0 Å². The predicted octanol–water partition coefficient (Wildman–Crippen LogP) is 4.01. The second-order valence-corrected chi connectivity index (χ2v) is 6.38. The fourth-order valence-corrected chi connectivity index (χ4v) is 2.88. The van der Waals surface area contributed by atoms with E-state index in [1.54, 1.807) is 12.1 Å². The van der Waals surface area contributed by atoms with Gasteiger partial charge in [-0.15, -0.1) is 10.2 Å². The van der Waals surface area contributed by atoms with E-state index < -0.39 is 5.97 Å². The van der Waals surface area contributed by atoms with Crippen LogP contribution in [0.1, 0.15) is 21.5 Å². The van der Waals surface area contributed by atoms with E-state index in [1.807, 2.05) is 32.0 Å². The fourth-order valence-electron chi connectivity index (χ4n) is 2.88. The highest BCUT2D eigenvalue weighted by atomic mass is 16.5. The van der Waals surface area contributed by atoms with E-state index in [4.69, 9.17) is 18.9 Å². The second-order valence-electron chi connectivity index (χ2n) is 6.38. The first-order valence-electron chi connectivity index (χ1n) is 8.90. The molecule has 0 aliphatic carbocycles. The lowest BCUT2D eigenvalue weighted by molar-refractivity contribution is 0.0725. The zero-order valence-corrected chi connectivity index (χ0v) is 17.0. The minimum absolute atomic E-state index is 0.0952. The Morgan fingerprint density at radius 2 is 1.52 bits per heavy atom. The third-order valence-electron chi connectivity index (χ3n) is 4.41. The molecule has 0 atom stereocenters. The summed E-state index contributed by atoms with van der Waals surface area (Å²) in [6.07, 6.45) is 0. The molecule has 0 amide bonds. The Labute approximate surface area is 169 Å². The monoisotopic (exact) mass is 394 g/mol. The van der Waals surface area contributed by atoms with Gasteiger partial charge in [-0.05, 0) is 43.7 Å². The highest BCUT2D eigenvalue weighted by Crippen LogP contribution is 2.38. The van der Waals surface area contributed by atoms with Crippen molar-refractivity contribution in [2.75, 3.05) is 21.3 Å². The van der Waals surface area contributed by atoms with Gasteiger partial charge in [0, 0.05) is 11.6 Å². The van der Waals surface area contributed by atoms with Crippen LogP contribution in [0.5, 0.6) is 23.1 Å². The number of carbonyl (C=O) groups excluding carboxylic acids is 1. The molecule has 3 aromatic rings. The average molecular weight is 394 g/mol. The number of rotatable bonds is 6. The Balaban J connectivity index is 1.83. The summed E-state index contributed by atoms with van der Waals surface area (Å²) in [6, 6.07) is 12.5. The molecule has 7 nitrogen and oxygen atoms in total. The maximum absolute atomic E-state index is 12.6. The van der Waals surface area contributed by atoms with Crippen LogP contribution in [0.2, 0.25) is 0 Å². The van der Waals surface area contributed by atoms with Crippen LogP contribution in [-0.2, 0) is 0 Å². The maximum atomic E-state index is 12.6. The largest absolute Gasteiger partial charge is 0.493 e. The van der Waals surface area contributed by atoms with Gasteiger partial charge in [-0.2, -0.15) is 0 Å². The van der Waals surface area contributed by atoms with E-state index in [9.17, 15) is 4.79 Å². The number of methoxy groups -OCH3 is 3. The van der Waals surface area contributed by atoms with Crippen molar-refractivity contribution < 1.29 is 23.7 Å². The van der Waals surface area contributed by atoms with Crippen molar-refractivity contribution in [3.8, 4) is 34.4 Å². The summed E-state index contributed by atoms with van der Waals surface area (Å²) in [5.41, 5.74) is 4.15. The normalized spacial score (nSPS) is 10.4. The first-order chi connectivity index (χ1) is 14.0. The number of ether oxygens (including phenoxy) is 4. The number of hydrogen-bond donors (Lipinski definition) is 0. The van der Waals surface area contributed by atoms with Crippen molar-refractivity contribution in [3.05, 3.63) is 59.2 Å². The summed E-state index contributed by atoms with van der Waals surface area (Å²) in [7, 11) is 4.44. The number of aryl methyl sites for hydroxylation is 2. The number of nitrogens with zero attached hydrogens (tertiary/aromatic N) is 2. The van der Waals surface area contributed by atoms with Gasteiger partial charge in [0.15, 0.2) is 11.5 Å². The molecule has 7 heteroatoms. The first kappa shape index (κ1) is 20.1. The van der Waals surface area contributed by atoms with Crippen molar-refractivity contribution in [1.82, 2.24) is 10.2 Å². The van der Waals surface area contributed by atoms with Gasteiger partial charge in [-0.1, -0.05) is 17.7 Å². The highest BCUT2D eigenvalue weighted by molar-refractivity contribution is 5.92. The van der Waals surface area contributed by atoms with E-state index >= 15 is 0 Å². The lowest BCUT2D eigenvalue weighted by atomic mass is 10.0. The van der Waals surface area contributed by atoms with Crippen molar-refractivity contribution >= 4 is 5.97 Å². The summed E-state index contributed by atoms with van der Waals surface area (Å²) >= 11 is 0. The zero-order chi connectivity index (χ0) is 21.0. The molecular formula is C22H22N2O5. The van der Waals surface area contributed by atoms with Crippen LogP contribution in [-0.4, -0.2) is 37.5 Å². The fraction of sp³-hybridized carbons (Fsp3) is 0.227. The van der Waals surface area contributed by atoms with E-state index in [0.29, 0.717) is 22.9 Å². The molecular weight excluding hydrogens is 372 g/mol. The topological polar surface area (TPSA) is 79.8 Å². The van der Waals surface area contributed by atoms with Crippen LogP contribution in [0.3, 0.4) is 0 Å². The van der Waals surface area contributed by atoms with Crippen LogP contribution in [0, 0.1) is 13.8 Å². The van der Waals surface area contributed by atoms with Gasteiger partial charge in [0.1, 0.15) is 0 Å². The van der Waals surface area contributed by atoms with Crippen LogP contribution >= 0.6 is 0 Å². The van der Waals surface area contributed by atoms with Gasteiger partial charge in [0.2, 0.25) is 11.6 Å². The summed E-state index contributed by atoms with van der Waals surface area (Å²) in [4.78, 5) is 12.6. The van der Waals surface area contributed by atoms with Gasteiger partial charge >= 0.3 is 5.97 Å². The molecule has 2 aromatic carbocycles. The van der Waals surface area contributed by atoms with Crippen LogP contribution < -0.4 is 18.9 Å². The minimum atomic E-state index is -0.613. The molecule has 0 unspecified atom stereocenters. The maximum Gasteiger partial charge on any atom is 0.345 e. The molecule has 1 heterocycles. The number of hydrogen-bond acceptors (Lipinski definition) is 7. The molecule has 0 spiro atoms. The Kier molecular flexibility index (Phi) is 5.97. The Bertz CT molecular complexity index is 1010. The minimum Gasteiger partial charge on any atom is -0.493 e. The average Bonchev–Trinajstić information content (AvgIpc) is 2.74. The van der Waals surface area contributed by atoms with Crippen LogP contribution in [0.25, 0.3) is 11.3 Å². The standard InChI is InChI=1S/C22H22N2O5/c1-13-6-7-14(2)16(10-13)17-8-9-20(24-23-17)29-22(25)15-11-18(26-3)21(28-5)19(12-15)27-4/h6-12H,1-5H3. The summed E-state index contributed by atoms with van der Waals surface area (Å²) < 4.78 is 21.1.